The van der Waals surface area contributed by atoms with Crippen LogP contribution in [0.25, 0.3) is 0 Å². The molecule has 0 aliphatic carbocycles. The maximum absolute atomic E-state index is 12.2. The van der Waals surface area contributed by atoms with E-state index < -0.39 is 17.7 Å². The van der Waals surface area contributed by atoms with Gasteiger partial charge < -0.3 is 33.7 Å². The zero-order valence-electron chi connectivity index (χ0n) is 17.0. The maximum atomic E-state index is 12.2. The molecule has 1 N–H and O–H groups in total. The fraction of sp³-hybridized carbons (Fsp3) is 0.889. The van der Waals surface area contributed by atoms with E-state index in [9.17, 15) is 9.59 Å². The highest BCUT2D eigenvalue weighted by Gasteiger charge is 2.21. The highest BCUT2D eigenvalue weighted by molar-refractivity contribution is 5.68. The Bertz CT molecular complexity index is 397. The van der Waals surface area contributed by atoms with Crippen molar-refractivity contribution < 1.29 is 38.4 Å². The summed E-state index contributed by atoms with van der Waals surface area (Å²) in [5.74, 6) is -1.01. The monoisotopic (exact) mass is 393 g/mol. The van der Waals surface area contributed by atoms with Crippen molar-refractivity contribution in [2.45, 2.75) is 39.7 Å². The fourth-order valence-electron chi connectivity index (χ4n) is 1.82. The van der Waals surface area contributed by atoms with Gasteiger partial charge in [0.2, 0.25) is 0 Å². The van der Waals surface area contributed by atoms with Gasteiger partial charge in [-0.3, -0.25) is 0 Å². The number of nitrogens with zero attached hydrogens (tertiary/aromatic N) is 1. The molecule has 0 aliphatic heterocycles. The molecule has 1 amide bonds. The lowest BCUT2D eigenvalue weighted by Crippen LogP contribution is -2.40. The van der Waals surface area contributed by atoms with Crippen LogP contribution in [0.2, 0.25) is 0 Å². The van der Waals surface area contributed by atoms with E-state index in [-0.39, 0.29) is 13.2 Å². The van der Waals surface area contributed by atoms with E-state index >= 15 is 0 Å². The van der Waals surface area contributed by atoms with E-state index in [1.807, 2.05) is 27.7 Å². The topological polar surface area (TPSA) is 104 Å². The van der Waals surface area contributed by atoms with Crippen LogP contribution < -0.4 is 0 Å². The number of aliphatic carboxylic acids is 1. The van der Waals surface area contributed by atoms with Crippen LogP contribution in [0, 0.1) is 0 Å². The highest BCUT2D eigenvalue weighted by atomic mass is 16.6. The van der Waals surface area contributed by atoms with Gasteiger partial charge in [0.25, 0.3) is 0 Å². The predicted molar refractivity (Wildman–Crippen MR) is 99.0 cm³/mol. The molecule has 0 aromatic rings. The first-order valence-electron chi connectivity index (χ1n) is 9.27. The Hall–Kier alpha value is -1.42. The predicted octanol–water partition coefficient (Wildman–Crippen LogP) is 1.78. The molecule has 0 aromatic heterocycles. The molecule has 0 aromatic carbocycles. The highest BCUT2D eigenvalue weighted by Crippen LogP contribution is 2.09. The van der Waals surface area contributed by atoms with Crippen molar-refractivity contribution >= 4 is 12.1 Å². The van der Waals surface area contributed by atoms with Gasteiger partial charge in [0.15, 0.2) is 0 Å². The summed E-state index contributed by atoms with van der Waals surface area (Å²) in [5.41, 5.74) is -0.559. The van der Waals surface area contributed by atoms with Crippen molar-refractivity contribution in [3.8, 4) is 0 Å². The Morgan fingerprint density at radius 2 is 1.30 bits per heavy atom. The Labute approximate surface area is 161 Å². The second kappa shape index (κ2) is 15.6. The largest absolute Gasteiger partial charge is 0.480 e. The molecule has 0 radical (unpaired) electrons. The lowest BCUT2D eigenvalue weighted by molar-refractivity contribution is -0.142. The van der Waals surface area contributed by atoms with E-state index in [1.165, 1.54) is 0 Å². The lowest BCUT2D eigenvalue weighted by atomic mass is 10.2. The molecule has 0 rings (SSSR count). The van der Waals surface area contributed by atoms with E-state index in [4.69, 9.17) is 28.8 Å². The van der Waals surface area contributed by atoms with Gasteiger partial charge in [-0.1, -0.05) is 6.92 Å². The minimum atomic E-state index is -1.01. The van der Waals surface area contributed by atoms with Crippen LogP contribution in [0.15, 0.2) is 0 Å². The molecule has 160 valence electrons. The lowest BCUT2D eigenvalue weighted by Gasteiger charge is -2.27. The molecule has 0 saturated heterocycles. The number of carbonyl (C=O) groups excluding carboxylic acids is 1. The minimum absolute atomic E-state index is 0.219. The van der Waals surface area contributed by atoms with Crippen molar-refractivity contribution in [1.82, 2.24) is 4.90 Å². The molecule has 0 atom stereocenters. The first-order chi connectivity index (χ1) is 12.8. The smallest absolute Gasteiger partial charge is 0.410 e. The van der Waals surface area contributed by atoms with Gasteiger partial charge in [0.05, 0.1) is 39.6 Å². The van der Waals surface area contributed by atoms with Crippen molar-refractivity contribution in [1.29, 1.82) is 0 Å². The molecule has 0 fully saturated rings. The van der Waals surface area contributed by atoms with Gasteiger partial charge in [0, 0.05) is 19.7 Å². The minimum Gasteiger partial charge on any atom is -0.480 e. The van der Waals surface area contributed by atoms with Gasteiger partial charge in [-0.25, -0.2) is 9.59 Å². The first kappa shape index (κ1) is 25.6. The SMILES string of the molecule is CCCOCCN(CCOCCOCCOCC(=O)O)C(=O)OC(C)(C)C. The normalized spacial score (nSPS) is 11.4. The summed E-state index contributed by atoms with van der Waals surface area (Å²) in [6.45, 7) is 10.7. The van der Waals surface area contributed by atoms with Gasteiger partial charge >= 0.3 is 12.1 Å². The molecule has 27 heavy (non-hydrogen) atoms. The summed E-state index contributed by atoms with van der Waals surface area (Å²) < 4.78 is 26.4. The third-order valence-electron chi connectivity index (χ3n) is 2.98. The summed E-state index contributed by atoms with van der Waals surface area (Å²) >= 11 is 0. The third kappa shape index (κ3) is 17.7. The van der Waals surface area contributed by atoms with Crippen LogP contribution in [0.1, 0.15) is 34.1 Å². The van der Waals surface area contributed by atoms with Gasteiger partial charge in [-0.05, 0) is 27.2 Å². The fourth-order valence-corrected chi connectivity index (χ4v) is 1.82. The Morgan fingerprint density at radius 3 is 1.78 bits per heavy atom. The van der Waals surface area contributed by atoms with Crippen LogP contribution in [0.4, 0.5) is 4.79 Å². The van der Waals surface area contributed by atoms with E-state index in [1.54, 1.807) is 4.90 Å². The van der Waals surface area contributed by atoms with Crippen LogP contribution in [-0.2, 0) is 28.5 Å². The van der Waals surface area contributed by atoms with Crippen molar-refractivity contribution in [2.75, 3.05) is 65.9 Å². The summed E-state index contributed by atoms with van der Waals surface area (Å²) in [6, 6.07) is 0. The second-order valence-corrected chi connectivity index (χ2v) is 6.75. The zero-order chi connectivity index (χ0) is 20.5. The van der Waals surface area contributed by atoms with E-state index in [0.29, 0.717) is 52.7 Å². The number of hydrogen-bond donors (Lipinski definition) is 1. The van der Waals surface area contributed by atoms with E-state index in [2.05, 4.69) is 0 Å². The molecule has 0 saturated carbocycles. The third-order valence-corrected chi connectivity index (χ3v) is 2.98. The number of amides is 1. The molecule has 9 nitrogen and oxygen atoms in total. The van der Waals surface area contributed by atoms with Gasteiger partial charge in [0.1, 0.15) is 12.2 Å². The summed E-state index contributed by atoms with van der Waals surface area (Å²) in [6.07, 6.45) is 0.537. The molecular formula is C18H35NO8. The Kier molecular flexibility index (Phi) is 14.8. The molecule has 0 bridgehead atoms. The van der Waals surface area contributed by atoms with Crippen LogP contribution in [-0.4, -0.2) is 93.6 Å². The van der Waals surface area contributed by atoms with Crippen molar-refractivity contribution in [3.05, 3.63) is 0 Å². The molecule has 0 unspecified atom stereocenters. The number of ether oxygens (including phenoxy) is 5. The summed E-state index contributed by atoms with van der Waals surface area (Å²) in [7, 11) is 0. The number of rotatable bonds is 16. The van der Waals surface area contributed by atoms with Gasteiger partial charge in [-0.15, -0.1) is 0 Å². The molecule has 0 aliphatic rings. The van der Waals surface area contributed by atoms with Gasteiger partial charge in [-0.2, -0.15) is 0 Å². The number of hydrogen-bond acceptors (Lipinski definition) is 7. The Morgan fingerprint density at radius 1 is 0.815 bits per heavy atom. The first-order valence-corrected chi connectivity index (χ1v) is 9.27. The van der Waals surface area contributed by atoms with Crippen LogP contribution >= 0.6 is 0 Å². The molecule has 0 spiro atoms. The summed E-state index contributed by atoms with van der Waals surface area (Å²) in [5, 5.41) is 8.41. The number of carboxylic acid groups (broad SMARTS) is 1. The maximum Gasteiger partial charge on any atom is 0.410 e. The van der Waals surface area contributed by atoms with Crippen LogP contribution in [0.3, 0.4) is 0 Å². The zero-order valence-corrected chi connectivity index (χ0v) is 17.0. The standard InChI is InChI=1S/C18H35NO8/c1-5-8-23-9-6-19(17(22)27-18(2,3)4)7-10-24-11-12-25-13-14-26-15-16(20)21/h5-15H2,1-4H3,(H,20,21). The van der Waals surface area contributed by atoms with Crippen LogP contribution in [0.5, 0.6) is 0 Å². The molecule has 9 heteroatoms. The van der Waals surface area contributed by atoms with Crippen molar-refractivity contribution in [3.63, 3.8) is 0 Å². The van der Waals surface area contributed by atoms with E-state index in [0.717, 1.165) is 6.42 Å². The average molecular weight is 393 g/mol. The number of carboxylic acids is 1. The number of carbonyl (C=O) groups is 2. The Balaban J connectivity index is 3.93. The quantitative estimate of drug-likeness (QED) is 0.396. The summed E-state index contributed by atoms with van der Waals surface area (Å²) in [4.78, 5) is 24.1. The van der Waals surface area contributed by atoms with Crippen molar-refractivity contribution in [2.24, 2.45) is 0 Å². The molecule has 0 heterocycles. The molecular weight excluding hydrogens is 358 g/mol. The second-order valence-electron chi connectivity index (χ2n) is 6.75. The average Bonchev–Trinajstić information content (AvgIpc) is 2.56.